The molecular weight excluding hydrogens is 329 g/mol. The van der Waals surface area contributed by atoms with Gasteiger partial charge in [-0.1, -0.05) is 49.8 Å². The first-order valence-electron chi connectivity index (χ1n) is 6.19. The van der Waals surface area contributed by atoms with Gasteiger partial charge in [-0.25, -0.2) is 0 Å². The zero-order chi connectivity index (χ0) is 13.3. The minimum absolute atomic E-state index is 0.0920. The van der Waals surface area contributed by atoms with Gasteiger partial charge < -0.3 is 5.32 Å². The molecule has 0 saturated carbocycles. The molecule has 0 bridgehead atoms. The predicted molar refractivity (Wildman–Crippen MR) is 79.4 cm³/mol. The van der Waals surface area contributed by atoms with Crippen molar-refractivity contribution >= 4 is 34.3 Å². The SMILES string of the molecule is CC(C)(C)CC(=O)CCCCCNC(=O)CI. The molecule has 0 aliphatic heterocycles. The Hall–Kier alpha value is -0.130. The maximum absolute atomic E-state index is 11.6. The number of ketones is 1. The lowest BCUT2D eigenvalue weighted by Crippen LogP contribution is -2.25. The van der Waals surface area contributed by atoms with E-state index >= 15 is 0 Å². The quantitative estimate of drug-likeness (QED) is 0.414. The Labute approximate surface area is 118 Å². The van der Waals surface area contributed by atoms with E-state index in [9.17, 15) is 9.59 Å². The summed E-state index contributed by atoms with van der Waals surface area (Å²) in [6.07, 6.45) is 4.26. The third-order valence-electron chi connectivity index (χ3n) is 2.30. The minimum Gasteiger partial charge on any atom is -0.355 e. The van der Waals surface area contributed by atoms with Crippen LogP contribution in [0.1, 0.15) is 52.9 Å². The van der Waals surface area contributed by atoms with E-state index in [4.69, 9.17) is 0 Å². The third-order valence-corrected chi connectivity index (χ3v) is 3.00. The van der Waals surface area contributed by atoms with Crippen LogP contribution >= 0.6 is 22.6 Å². The molecular formula is C13H24INO2. The van der Waals surface area contributed by atoms with E-state index in [-0.39, 0.29) is 11.3 Å². The molecule has 0 unspecified atom stereocenters. The topological polar surface area (TPSA) is 46.2 Å². The molecule has 0 aliphatic carbocycles. The number of amides is 1. The first-order valence-corrected chi connectivity index (χ1v) is 7.72. The minimum atomic E-state index is 0.0920. The van der Waals surface area contributed by atoms with Crippen LogP contribution in [0.3, 0.4) is 0 Å². The summed E-state index contributed by atoms with van der Waals surface area (Å²) in [4.78, 5) is 22.5. The van der Waals surface area contributed by atoms with Gasteiger partial charge in [0.1, 0.15) is 5.78 Å². The first kappa shape index (κ1) is 16.9. The summed E-state index contributed by atoms with van der Waals surface area (Å²) in [5.74, 6) is 0.447. The number of rotatable bonds is 8. The highest BCUT2D eigenvalue weighted by atomic mass is 127. The maximum atomic E-state index is 11.6. The smallest absolute Gasteiger partial charge is 0.229 e. The molecule has 0 saturated heterocycles. The fraction of sp³-hybridized carbons (Fsp3) is 0.846. The van der Waals surface area contributed by atoms with Gasteiger partial charge in [-0.05, 0) is 18.3 Å². The highest BCUT2D eigenvalue weighted by Crippen LogP contribution is 2.20. The standard InChI is InChI=1S/C13H24INO2/c1-13(2,3)9-11(16)7-5-4-6-8-15-12(17)10-14/h4-10H2,1-3H3,(H,15,17). The van der Waals surface area contributed by atoms with Crippen molar-refractivity contribution in [1.82, 2.24) is 5.32 Å². The summed E-state index contributed by atoms with van der Waals surface area (Å²) in [6, 6.07) is 0. The lowest BCUT2D eigenvalue weighted by atomic mass is 9.88. The summed E-state index contributed by atoms with van der Waals surface area (Å²) in [5, 5.41) is 2.83. The summed E-state index contributed by atoms with van der Waals surface area (Å²) in [5.41, 5.74) is 0.103. The zero-order valence-corrected chi connectivity index (χ0v) is 13.3. The molecule has 100 valence electrons. The van der Waals surface area contributed by atoms with E-state index in [1.807, 2.05) is 22.6 Å². The van der Waals surface area contributed by atoms with Crippen molar-refractivity contribution in [1.29, 1.82) is 0 Å². The summed E-state index contributed by atoms with van der Waals surface area (Å²) in [7, 11) is 0. The molecule has 0 aromatic carbocycles. The molecule has 3 nitrogen and oxygen atoms in total. The number of hydrogen-bond donors (Lipinski definition) is 1. The third kappa shape index (κ3) is 12.1. The van der Waals surface area contributed by atoms with Crippen LogP contribution in [0, 0.1) is 5.41 Å². The molecule has 0 aliphatic rings. The number of alkyl halides is 1. The number of unbranched alkanes of at least 4 members (excludes halogenated alkanes) is 2. The fourth-order valence-corrected chi connectivity index (χ4v) is 1.85. The molecule has 0 radical (unpaired) electrons. The van der Waals surface area contributed by atoms with Gasteiger partial charge in [0.05, 0.1) is 4.43 Å². The monoisotopic (exact) mass is 353 g/mol. The molecule has 0 atom stereocenters. The van der Waals surface area contributed by atoms with E-state index in [2.05, 4.69) is 26.1 Å². The second kappa shape index (κ2) is 8.89. The van der Waals surface area contributed by atoms with Gasteiger partial charge in [0, 0.05) is 19.4 Å². The van der Waals surface area contributed by atoms with E-state index < -0.39 is 0 Å². The maximum Gasteiger partial charge on any atom is 0.229 e. The molecule has 0 aromatic heterocycles. The van der Waals surface area contributed by atoms with E-state index in [0.29, 0.717) is 23.1 Å². The number of halogens is 1. The van der Waals surface area contributed by atoms with Crippen molar-refractivity contribution in [2.75, 3.05) is 11.0 Å². The van der Waals surface area contributed by atoms with Crippen LogP contribution in [0.2, 0.25) is 0 Å². The van der Waals surface area contributed by atoms with Crippen LogP contribution in [0.5, 0.6) is 0 Å². The van der Waals surface area contributed by atoms with Crippen LogP contribution < -0.4 is 5.32 Å². The van der Waals surface area contributed by atoms with E-state index in [1.54, 1.807) is 0 Å². The van der Waals surface area contributed by atoms with Crippen molar-refractivity contribution in [3.05, 3.63) is 0 Å². The Morgan fingerprint density at radius 2 is 1.76 bits per heavy atom. The van der Waals surface area contributed by atoms with Crippen molar-refractivity contribution in [3.63, 3.8) is 0 Å². The van der Waals surface area contributed by atoms with Gasteiger partial charge >= 0.3 is 0 Å². The highest BCUT2D eigenvalue weighted by Gasteiger charge is 2.15. The zero-order valence-electron chi connectivity index (χ0n) is 11.1. The summed E-state index contributed by atoms with van der Waals surface area (Å²) >= 11 is 2.05. The molecule has 17 heavy (non-hydrogen) atoms. The van der Waals surface area contributed by atoms with Gasteiger partial charge in [0.25, 0.3) is 0 Å². The van der Waals surface area contributed by atoms with Gasteiger partial charge in [-0.2, -0.15) is 0 Å². The van der Waals surface area contributed by atoms with Crippen molar-refractivity contribution in [3.8, 4) is 0 Å². The van der Waals surface area contributed by atoms with Gasteiger partial charge in [-0.3, -0.25) is 9.59 Å². The van der Waals surface area contributed by atoms with E-state index in [1.165, 1.54) is 0 Å². The molecule has 1 N–H and O–H groups in total. The second-order valence-electron chi connectivity index (χ2n) is 5.57. The number of nitrogens with one attached hydrogen (secondary N) is 1. The predicted octanol–water partition coefficient (Wildman–Crippen LogP) is 3.10. The largest absolute Gasteiger partial charge is 0.355 e. The first-order chi connectivity index (χ1) is 7.85. The summed E-state index contributed by atoms with van der Waals surface area (Å²) in [6.45, 7) is 6.99. The van der Waals surface area contributed by atoms with Crippen LogP contribution in [0.15, 0.2) is 0 Å². The molecule has 1 amide bonds. The van der Waals surface area contributed by atoms with Crippen molar-refractivity contribution < 1.29 is 9.59 Å². The highest BCUT2D eigenvalue weighted by molar-refractivity contribution is 14.1. The van der Waals surface area contributed by atoms with Gasteiger partial charge in [0.15, 0.2) is 0 Å². The van der Waals surface area contributed by atoms with Crippen LogP contribution in [-0.2, 0) is 9.59 Å². The van der Waals surface area contributed by atoms with Crippen molar-refractivity contribution in [2.45, 2.75) is 52.9 Å². The number of Topliss-reactive ketones (excluding diaryl/α,β-unsaturated/α-hetero) is 1. The van der Waals surface area contributed by atoms with Crippen LogP contribution in [0.4, 0.5) is 0 Å². The Bertz CT molecular complexity index is 246. The second-order valence-corrected chi connectivity index (χ2v) is 6.33. The molecule has 0 fully saturated rings. The number of carbonyl (C=O) groups is 2. The molecule has 0 aromatic rings. The molecule has 0 spiro atoms. The Balaban J connectivity index is 3.40. The van der Waals surface area contributed by atoms with Gasteiger partial charge in [-0.15, -0.1) is 0 Å². The number of carbonyl (C=O) groups excluding carboxylic acids is 2. The fourth-order valence-electron chi connectivity index (χ4n) is 1.58. The normalized spacial score (nSPS) is 11.3. The van der Waals surface area contributed by atoms with E-state index in [0.717, 1.165) is 25.8 Å². The Morgan fingerprint density at radius 3 is 2.29 bits per heavy atom. The Kier molecular flexibility index (Phi) is 8.82. The molecule has 0 rings (SSSR count). The average Bonchev–Trinajstić information content (AvgIpc) is 2.20. The Morgan fingerprint density at radius 1 is 1.12 bits per heavy atom. The molecule has 4 heteroatoms. The summed E-state index contributed by atoms with van der Waals surface area (Å²) < 4.78 is 0.516. The average molecular weight is 353 g/mol. The lowest BCUT2D eigenvalue weighted by Gasteiger charge is -2.16. The lowest BCUT2D eigenvalue weighted by molar-refractivity contribution is -0.121. The van der Waals surface area contributed by atoms with Crippen molar-refractivity contribution in [2.24, 2.45) is 5.41 Å². The van der Waals surface area contributed by atoms with Crippen LogP contribution in [-0.4, -0.2) is 22.7 Å². The van der Waals surface area contributed by atoms with Gasteiger partial charge in [0.2, 0.25) is 5.91 Å². The molecule has 0 heterocycles. The number of hydrogen-bond acceptors (Lipinski definition) is 2. The van der Waals surface area contributed by atoms with Crippen LogP contribution in [0.25, 0.3) is 0 Å².